The van der Waals surface area contributed by atoms with Crippen molar-refractivity contribution in [3.05, 3.63) is 12.2 Å². The summed E-state index contributed by atoms with van der Waals surface area (Å²) in [5, 5.41) is 0. The molecule has 0 saturated carbocycles. The highest BCUT2D eigenvalue weighted by molar-refractivity contribution is 7.46. The molecule has 0 amide bonds. The van der Waals surface area contributed by atoms with Crippen molar-refractivity contribution in [2.75, 3.05) is 13.2 Å². The Hall–Kier alpha value is -1.21. The standard InChI is InChI=1S/C29H55O8P/c1-3-5-7-9-11-13-14-15-16-18-19-21-23-28(30)35-25-27(26-36-38(32,33)34)37-29(31)24-22-20-17-12-10-8-6-4-2/h4,6,27H,3,5,7-26H2,1-2H3,(H2,32,33,34)/b6-4+/t27-/m0/s1. The third kappa shape index (κ3) is 27.8. The van der Waals surface area contributed by atoms with Gasteiger partial charge < -0.3 is 19.3 Å². The molecule has 0 radical (unpaired) electrons. The first-order valence-electron chi connectivity index (χ1n) is 14.9. The second-order valence-electron chi connectivity index (χ2n) is 10.1. The number of allylic oxidation sites excluding steroid dienone is 2. The summed E-state index contributed by atoms with van der Waals surface area (Å²) >= 11 is 0. The molecule has 38 heavy (non-hydrogen) atoms. The molecule has 224 valence electrons. The molecular weight excluding hydrogens is 507 g/mol. The van der Waals surface area contributed by atoms with E-state index in [1.165, 1.54) is 57.8 Å². The number of phosphoric ester groups is 1. The fraction of sp³-hybridized carbons (Fsp3) is 0.862. The Bertz CT molecular complexity index is 646. The number of phosphoric acid groups is 1. The summed E-state index contributed by atoms with van der Waals surface area (Å²) in [6.07, 6.45) is 24.0. The zero-order valence-corrected chi connectivity index (χ0v) is 25.0. The van der Waals surface area contributed by atoms with Crippen molar-refractivity contribution < 1.29 is 37.9 Å². The van der Waals surface area contributed by atoms with E-state index in [2.05, 4.69) is 17.5 Å². The summed E-state index contributed by atoms with van der Waals surface area (Å²) in [5.74, 6) is -0.900. The first-order chi connectivity index (χ1) is 18.3. The molecule has 0 bridgehead atoms. The zero-order chi connectivity index (χ0) is 28.3. The molecule has 9 heteroatoms. The Morgan fingerprint density at radius 3 is 1.68 bits per heavy atom. The van der Waals surface area contributed by atoms with E-state index in [0.29, 0.717) is 6.42 Å². The number of esters is 2. The summed E-state index contributed by atoms with van der Waals surface area (Å²) < 4.78 is 26.0. The van der Waals surface area contributed by atoms with Crippen molar-refractivity contribution in [3.8, 4) is 0 Å². The molecule has 0 unspecified atom stereocenters. The minimum atomic E-state index is -4.73. The lowest BCUT2D eigenvalue weighted by molar-refractivity contribution is -0.161. The highest BCUT2D eigenvalue weighted by atomic mass is 31.2. The van der Waals surface area contributed by atoms with Crippen molar-refractivity contribution in [2.45, 2.75) is 148 Å². The van der Waals surface area contributed by atoms with Crippen LogP contribution in [0.4, 0.5) is 0 Å². The van der Waals surface area contributed by atoms with E-state index in [1.807, 2.05) is 13.0 Å². The fourth-order valence-electron chi connectivity index (χ4n) is 4.14. The van der Waals surface area contributed by atoms with Crippen LogP contribution in [0.3, 0.4) is 0 Å². The van der Waals surface area contributed by atoms with Gasteiger partial charge in [0.05, 0.1) is 6.61 Å². The first-order valence-corrected chi connectivity index (χ1v) is 16.5. The Balaban J connectivity index is 4.03. The van der Waals surface area contributed by atoms with Gasteiger partial charge in [0.1, 0.15) is 6.61 Å². The number of hydrogen-bond acceptors (Lipinski definition) is 6. The van der Waals surface area contributed by atoms with E-state index in [0.717, 1.165) is 51.4 Å². The molecule has 0 heterocycles. The molecule has 0 aliphatic heterocycles. The third-order valence-electron chi connectivity index (χ3n) is 6.38. The van der Waals surface area contributed by atoms with Gasteiger partial charge in [-0.2, -0.15) is 0 Å². The lowest BCUT2D eigenvalue weighted by Crippen LogP contribution is -2.29. The van der Waals surface area contributed by atoms with E-state index < -0.39 is 32.5 Å². The van der Waals surface area contributed by atoms with E-state index >= 15 is 0 Å². The summed E-state index contributed by atoms with van der Waals surface area (Å²) in [7, 11) is -4.73. The minimum Gasteiger partial charge on any atom is -0.462 e. The fourth-order valence-corrected chi connectivity index (χ4v) is 4.50. The molecule has 2 N–H and O–H groups in total. The highest BCUT2D eigenvalue weighted by Gasteiger charge is 2.22. The third-order valence-corrected chi connectivity index (χ3v) is 6.86. The smallest absolute Gasteiger partial charge is 0.462 e. The molecule has 0 fully saturated rings. The molecule has 0 rings (SSSR count). The summed E-state index contributed by atoms with van der Waals surface area (Å²) in [4.78, 5) is 42.2. The molecule has 0 aliphatic carbocycles. The van der Waals surface area contributed by atoms with Gasteiger partial charge in [-0.25, -0.2) is 4.57 Å². The quantitative estimate of drug-likeness (QED) is 0.0448. The van der Waals surface area contributed by atoms with Crippen LogP contribution in [-0.4, -0.2) is 41.0 Å². The Labute approximate surface area is 231 Å². The maximum atomic E-state index is 12.2. The lowest BCUT2D eigenvalue weighted by Gasteiger charge is -2.18. The van der Waals surface area contributed by atoms with E-state index in [1.54, 1.807) is 0 Å². The first kappa shape index (κ1) is 36.8. The van der Waals surface area contributed by atoms with Crippen LogP contribution in [0.1, 0.15) is 142 Å². The van der Waals surface area contributed by atoms with Crippen LogP contribution < -0.4 is 0 Å². The number of unbranched alkanes of at least 4 members (excludes halogenated alkanes) is 16. The van der Waals surface area contributed by atoms with Crippen LogP contribution in [0.15, 0.2) is 12.2 Å². The van der Waals surface area contributed by atoms with Crippen molar-refractivity contribution in [2.24, 2.45) is 0 Å². The van der Waals surface area contributed by atoms with Gasteiger partial charge >= 0.3 is 19.8 Å². The minimum absolute atomic E-state index is 0.202. The molecule has 0 saturated heterocycles. The number of carbonyl (C=O) groups is 2. The highest BCUT2D eigenvalue weighted by Crippen LogP contribution is 2.35. The lowest BCUT2D eigenvalue weighted by atomic mass is 10.0. The van der Waals surface area contributed by atoms with Crippen molar-refractivity contribution in [1.29, 1.82) is 0 Å². The topological polar surface area (TPSA) is 119 Å². The molecular formula is C29H55O8P. The molecule has 0 aromatic carbocycles. The summed E-state index contributed by atoms with van der Waals surface area (Å²) in [6.45, 7) is 3.42. The van der Waals surface area contributed by atoms with Crippen molar-refractivity contribution in [3.63, 3.8) is 0 Å². The predicted octanol–water partition coefficient (Wildman–Crippen LogP) is 7.95. The zero-order valence-electron chi connectivity index (χ0n) is 24.1. The van der Waals surface area contributed by atoms with Gasteiger partial charge in [-0.1, -0.05) is 109 Å². The summed E-state index contributed by atoms with van der Waals surface area (Å²) in [5.41, 5.74) is 0. The molecule has 8 nitrogen and oxygen atoms in total. The molecule has 0 aromatic rings. The monoisotopic (exact) mass is 562 g/mol. The van der Waals surface area contributed by atoms with E-state index in [-0.39, 0.29) is 19.4 Å². The summed E-state index contributed by atoms with van der Waals surface area (Å²) in [6, 6.07) is 0. The maximum absolute atomic E-state index is 12.2. The predicted molar refractivity (Wildman–Crippen MR) is 152 cm³/mol. The average molecular weight is 563 g/mol. The maximum Gasteiger partial charge on any atom is 0.469 e. The Morgan fingerprint density at radius 1 is 0.711 bits per heavy atom. The SMILES string of the molecule is C/C=C/CCCCCCCC(=O)O[C@@H](COC(=O)CCCCCCCCCCCCCC)COP(=O)(O)O. The Kier molecular flexibility index (Phi) is 25.2. The van der Waals surface area contributed by atoms with E-state index in [4.69, 9.17) is 19.3 Å². The average Bonchev–Trinajstić information content (AvgIpc) is 2.87. The van der Waals surface area contributed by atoms with Gasteiger partial charge in [0.2, 0.25) is 0 Å². The molecule has 1 atom stereocenters. The van der Waals surface area contributed by atoms with Crippen molar-refractivity contribution >= 4 is 19.8 Å². The van der Waals surface area contributed by atoms with Crippen LogP contribution in [0.2, 0.25) is 0 Å². The van der Waals surface area contributed by atoms with Gasteiger partial charge in [-0.15, -0.1) is 0 Å². The van der Waals surface area contributed by atoms with Crippen LogP contribution in [0.5, 0.6) is 0 Å². The van der Waals surface area contributed by atoms with Crippen LogP contribution in [0, 0.1) is 0 Å². The number of hydrogen-bond donors (Lipinski definition) is 2. The normalized spacial score (nSPS) is 12.6. The van der Waals surface area contributed by atoms with Crippen LogP contribution in [0.25, 0.3) is 0 Å². The van der Waals surface area contributed by atoms with Crippen molar-refractivity contribution in [1.82, 2.24) is 0 Å². The largest absolute Gasteiger partial charge is 0.469 e. The molecule has 0 spiro atoms. The molecule has 0 aromatic heterocycles. The van der Waals surface area contributed by atoms with Gasteiger partial charge in [0.25, 0.3) is 0 Å². The van der Waals surface area contributed by atoms with Crippen LogP contribution >= 0.6 is 7.82 Å². The second-order valence-corrected chi connectivity index (χ2v) is 11.3. The van der Waals surface area contributed by atoms with Gasteiger partial charge in [-0.3, -0.25) is 14.1 Å². The Morgan fingerprint density at radius 2 is 1.18 bits per heavy atom. The van der Waals surface area contributed by atoms with Gasteiger partial charge in [0.15, 0.2) is 6.10 Å². The number of carbonyl (C=O) groups excluding carboxylic acids is 2. The van der Waals surface area contributed by atoms with Crippen LogP contribution in [-0.2, 0) is 28.2 Å². The number of rotatable bonds is 27. The van der Waals surface area contributed by atoms with E-state index in [9.17, 15) is 14.2 Å². The second kappa shape index (κ2) is 26.0. The number of ether oxygens (including phenoxy) is 2. The molecule has 0 aliphatic rings. The van der Waals surface area contributed by atoms with Gasteiger partial charge in [-0.05, 0) is 32.6 Å². The van der Waals surface area contributed by atoms with Gasteiger partial charge in [0, 0.05) is 12.8 Å².